The molecule has 2 heteroatoms. The molecule has 1 aliphatic rings. The van der Waals surface area contributed by atoms with Crippen LogP contribution in [0.15, 0.2) is 30.3 Å². The van der Waals surface area contributed by atoms with Gasteiger partial charge in [0.2, 0.25) is 5.91 Å². The van der Waals surface area contributed by atoms with Crippen molar-refractivity contribution < 1.29 is 4.79 Å². The summed E-state index contributed by atoms with van der Waals surface area (Å²) in [5, 5.41) is 0. The fourth-order valence-electron chi connectivity index (χ4n) is 1.99. The number of hydrogen-bond donors (Lipinski definition) is 0. The average molecular weight is 219 g/mol. The summed E-state index contributed by atoms with van der Waals surface area (Å²) in [4.78, 5) is 13.5. The van der Waals surface area contributed by atoms with Crippen molar-refractivity contribution >= 4 is 5.91 Å². The highest BCUT2D eigenvalue weighted by Gasteiger charge is 2.25. The molecular formula is C14H21NO. The minimum absolute atomic E-state index is 0.228. The summed E-state index contributed by atoms with van der Waals surface area (Å²) in [5.74, 6) is 0.293. The van der Waals surface area contributed by atoms with Crippen LogP contribution >= 0.6 is 0 Å². The number of benzene rings is 1. The molecule has 0 N–H and O–H groups in total. The highest BCUT2D eigenvalue weighted by molar-refractivity contribution is 5.78. The third-order valence-corrected chi connectivity index (χ3v) is 2.86. The van der Waals surface area contributed by atoms with Crippen molar-refractivity contribution in [3.05, 3.63) is 35.9 Å². The molecule has 0 spiro atoms. The zero-order valence-electron chi connectivity index (χ0n) is 10.4. The largest absolute Gasteiger partial charge is 0.336 e. The Bertz CT molecular complexity index is 321. The molecule has 0 saturated carbocycles. The van der Waals surface area contributed by atoms with Crippen LogP contribution in [-0.4, -0.2) is 17.4 Å². The molecule has 0 aromatic heterocycles. The molecule has 1 fully saturated rings. The van der Waals surface area contributed by atoms with Gasteiger partial charge in [0.15, 0.2) is 0 Å². The fraction of sp³-hybridized carbons (Fsp3) is 0.500. The van der Waals surface area contributed by atoms with Crippen molar-refractivity contribution in [2.45, 2.75) is 39.7 Å². The van der Waals surface area contributed by atoms with E-state index in [-0.39, 0.29) is 6.04 Å². The zero-order chi connectivity index (χ0) is 12.0. The lowest BCUT2D eigenvalue weighted by Gasteiger charge is -2.24. The van der Waals surface area contributed by atoms with Gasteiger partial charge in [-0.25, -0.2) is 0 Å². The first kappa shape index (κ1) is 12.8. The predicted molar refractivity (Wildman–Crippen MR) is 67.2 cm³/mol. The Morgan fingerprint density at radius 3 is 2.31 bits per heavy atom. The second kappa shape index (κ2) is 6.31. The highest BCUT2D eigenvalue weighted by Crippen LogP contribution is 2.24. The van der Waals surface area contributed by atoms with Gasteiger partial charge in [0.1, 0.15) is 0 Å². The number of nitrogens with zero attached hydrogens (tertiary/aromatic N) is 1. The first-order valence-electron chi connectivity index (χ1n) is 6.13. The number of hydrogen-bond acceptors (Lipinski definition) is 1. The van der Waals surface area contributed by atoms with Crippen LogP contribution in [0, 0.1) is 0 Å². The van der Waals surface area contributed by atoms with E-state index in [1.54, 1.807) is 0 Å². The van der Waals surface area contributed by atoms with Gasteiger partial charge in [-0.15, -0.1) is 0 Å². The Morgan fingerprint density at radius 1 is 1.19 bits per heavy atom. The van der Waals surface area contributed by atoms with Crippen molar-refractivity contribution in [1.29, 1.82) is 0 Å². The molecule has 0 aliphatic carbocycles. The molecule has 1 aromatic rings. The Kier molecular flexibility index (Phi) is 5.03. The molecule has 0 bridgehead atoms. The van der Waals surface area contributed by atoms with Gasteiger partial charge in [-0.05, 0) is 18.9 Å². The molecule has 1 aliphatic heterocycles. The van der Waals surface area contributed by atoms with Gasteiger partial charge in [0, 0.05) is 13.0 Å². The minimum Gasteiger partial charge on any atom is -0.336 e. The highest BCUT2D eigenvalue weighted by atomic mass is 16.2. The van der Waals surface area contributed by atoms with E-state index in [2.05, 4.69) is 19.1 Å². The summed E-state index contributed by atoms with van der Waals surface area (Å²) in [6, 6.07) is 10.4. The number of carbonyl (C=O) groups excluding carboxylic acids is 1. The third-order valence-electron chi connectivity index (χ3n) is 2.86. The molecule has 0 radical (unpaired) electrons. The Hall–Kier alpha value is -1.31. The van der Waals surface area contributed by atoms with Gasteiger partial charge in [-0.2, -0.15) is 0 Å². The van der Waals surface area contributed by atoms with Gasteiger partial charge < -0.3 is 4.90 Å². The van der Waals surface area contributed by atoms with Crippen LogP contribution < -0.4 is 0 Å². The van der Waals surface area contributed by atoms with Crippen LogP contribution in [0.25, 0.3) is 0 Å². The maximum Gasteiger partial charge on any atom is 0.223 e. The summed E-state index contributed by atoms with van der Waals surface area (Å²) in [6.07, 6.45) is 1.73. The second-order valence-corrected chi connectivity index (χ2v) is 3.78. The summed E-state index contributed by atoms with van der Waals surface area (Å²) >= 11 is 0. The zero-order valence-corrected chi connectivity index (χ0v) is 10.4. The van der Waals surface area contributed by atoms with Crippen LogP contribution in [0.5, 0.6) is 0 Å². The molecular weight excluding hydrogens is 198 g/mol. The van der Waals surface area contributed by atoms with Crippen molar-refractivity contribution in [1.82, 2.24) is 4.90 Å². The van der Waals surface area contributed by atoms with E-state index in [0.717, 1.165) is 19.4 Å². The molecule has 1 atom stereocenters. The van der Waals surface area contributed by atoms with Crippen molar-refractivity contribution in [2.75, 3.05) is 6.54 Å². The first-order valence-corrected chi connectivity index (χ1v) is 6.13. The van der Waals surface area contributed by atoms with Gasteiger partial charge in [-0.3, -0.25) is 4.79 Å². The van der Waals surface area contributed by atoms with Crippen LogP contribution in [0.1, 0.15) is 45.2 Å². The third kappa shape index (κ3) is 2.84. The predicted octanol–water partition coefficient (Wildman–Crippen LogP) is 3.40. The van der Waals surface area contributed by atoms with Gasteiger partial charge in [-0.1, -0.05) is 44.2 Å². The number of likely N-dealkylation sites (tertiary alicyclic amines) is 1. The van der Waals surface area contributed by atoms with E-state index in [0.29, 0.717) is 5.91 Å². The lowest BCUT2D eigenvalue weighted by molar-refractivity contribution is -0.129. The number of rotatable bonds is 2. The summed E-state index contributed by atoms with van der Waals surface area (Å²) in [6.45, 7) is 7.01. The molecule has 2 nitrogen and oxygen atoms in total. The molecule has 1 amide bonds. The molecule has 1 heterocycles. The SMILES string of the molecule is CC.CC(c1ccccc1)N1CCCC1=O. The van der Waals surface area contributed by atoms with E-state index in [9.17, 15) is 4.79 Å². The molecule has 88 valence electrons. The first-order chi connectivity index (χ1) is 7.79. The lowest BCUT2D eigenvalue weighted by Crippen LogP contribution is -2.27. The fourth-order valence-corrected chi connectivity index (χ4v) is 1.99. The average Bonchev–Trinajstić information content (AvgIpc) is 2.78. The van der Waals surface area contributed by atoms with E-state index >= 15 is 0 Å². The monoisotopic (exact) mass is 219 g/mol. The lowest BCUT2D eigenvalue weighted by atomic mass is 10.1. The van der Waals surface area contributed by atoms with E-state index in [1.165, 1.54) is 5.56 Å². The Morgan fingerprint density at radius 2 is 1.81 bits per heavy atom. The quantitative estimate of drug-likeness (QED) is 0.746. The van der Waals surface area contributed by atoms with Gasteiger partial charge >= 0.3 is 0 Å². The van der Waals surface area contributed by atoms with Gasteiger partial charge in [0.25, 0.3) is 0 Å². The van der Waals surface area contributed by atoms with Crippen LogP contribution in [0.4, 0.5) is 0 Å². The molecule has 1 unspecified atom stereocenters. The van der Waals surface area contributed by atoms with Crippen molar-refractivity contribution in [3.63, 3.8) is 0 Å². The van der Waals surface area contributed by atoms with E-state index in [1.807, 2.05) is 36.9 Å². The summed E-state index contributed by atoms with van der Waals surface area (Å²) < 4.78 is 0. The Balaban J connectivity index is 0.000000606. The molecule has 2 rings (SSSR count). The normalized spacial score (nSPS) is 16.7. The maximum absolute atomic E-state index is 11.5. The van der Waals surface area contributed by atoms with Gasteiger partial charge in [0.05, 0.1) is 6.04 Å². The number of carbonyl (C=O) groups is 1. The second-order valence-electron chi connectivity index (χ2n) is 3.78. The van der Waals surface area contributed by atoms with Crippen LogP contribution in [0.2, 0.25) is 0 Å². The minimum atomic E-state index is 0.228. The molecule has 1 aromatic carbocycles. The Labute approximate surface area is 98.3 Å². The van der Waals surface area contributed by atoms with Crippen molar-refractivity contribution in [2.24, 2.45) is 0 Å². The molecule has 16 heavy (non-hydrogen) atoms. The summed E-state index contributed by atoms with van der Waals surface area (Å²) in [7, 11) is 0. The topological polar surface area (TPSA) is 20.3 Å². The van der Waals surface area contributed by atoms with Crippen LogP contribution in [0.3, 0.4) is 0 Å². The smallest absolute Gasteiger partial charge is 0.223 e. The maximum atomic E-state index is 11.5. The van der Waals surface area contributed by atoms with Crippen LogP contribution in [-0.2, 0) is 4.79 Å². The van der Waals surface area contributed by atoms with Crippen molar-refractivity contribution in [3.8, 4) is 0 Å². The standard InChI is InChI=1S/C12H15NO.C2H6/c1-10(11-6-3-2-4-7-11)13-9-5-8-12(13)14;1-2/h2-4,6-7,10H,5,8-9H2,1H3;1-2H3. The molecule has 1 saturated heterocycles. The number of amides is 1. The summed E-state index contributed by atoms with van der Waals surface area (Å²) in [5.41, 5.74) is 1.22. The van der Waals surface area contributed by atoms with E-state index in [4.69, 9.17) is 0 Å². The van der Waals surface area contributed by atoms with E-state index < -0.39 is 0 Å².